The van der Waals surface area contributed by atoms with Crippen LogP contribution in [0.4, 0.5) is 0 Å². The van der Waals surface area contributed by atoms with Gasteiger partial charge in [0.15, 0.2) is 0 Å². The molecule has 1 aliphatic heterocycles. The largest absolute Gasteiger partial charge is 0.352 e. The minimum Gasteiger partial charge on any atom is -0.352 e. The third kappa shape index (κ3) is 4.15. The third-order valence-corrected chi connectivity index (χ3v) is 3.42. The number of aryl methyl sites for hydroxylation is 2. The third-order valence-electron chi connectivity index (χ3n) is 3.42. The number of hydrogen-bond acceptors (Lipinski definition) is 2. The van der Waals surface area contributed by atoms with Gasteiger partial charge >= 0.3 is 0 Å². The second kappa shape index (κ2) is 6.55. The van der Waals surface area contributed by atoms with Gasteiger partial charge < -0.3 is 10.6 Å². The van der Waals surface area contributed by atoms with Gasteiger partial charge in [0.25, 0.3) is 0 Å². The van der Waals surface area contributed by atoms with E-state index in [-0.39, 0.29) is 5.91 Å². The maximum absolute atomic E-state index is 11.8. The zero-order valence-electron chi connectivity index (χ0n) is 11.0. The molecule has 1 fully saturated rings. The summed E-state index contributed by atoms with van der Waals surface area (Å²) in [5.74, 6) is 0.171. The Morgan fingerprint density at radius 2 is 2.17 bits per heavy atom. The highest BCUT2D eigenvalue weighted by Gasteiger charge is 2.14. The van der Waals surface area contributed by atoms with Gasteiger partial charge in [0, 0.05) is 19.0 Å². The summed E-state index contributed by atoms with van der Waals surface area (Å²) >= 11 is 0. The molecule has 1 aromatic carbocycles. The molecule has 0 aromatic heterocycles. The van der Waals surface area contributed by atoms with Crippen LogP contribution in [0.1, 0.15) is 30.4 Å². The SMILES string of the molecule is Cc1ccc(CCC(=O)N[C@H]2CCCNC2)cc1. The van der Waals surface area contributed by atoms with Crippen LogP contribution in [0.5, 0.6) is 0 Å². The maximum atomic E-state index is 11.8. The van der Waals surface area contributed by atoms with Crippen molar-refractivity contribution < 1.29 is 4.79 Å². The average molecular weight is 246 g/mol. The van der Waals surface area contributed by atoms with E-state index in [0.717, 1.165) is 32.4 Å². The fourth-order valence-corrected chi connectivity index (χ4v) is 2.29. The number of piperidine rings is 1. The molecule has 1 aliphatic rings. The maximum Gasteiger partial charge on any atom is 0.220 e. The molecule has 2 rings (SSSR count). The summed E-state index contributed by atoms with van der Waals surface area (Å²) in [7, 11) is 0. The van der Waals surface area contributed by atoms with Crippen molar-refractivity contribution in [1.29, 1.82) is 0 Å². The molecule has 2 N–H and O–H groups in total. The first-order valence-corrected chi connectivity index (χ1v) is 6.79. The highest BCUT2D eigenvalue weighted by Crippen LogP contribution is 2.06. The number of rotatable bonds is 4. The Bertz CT molecular complexity index is 380. The molecule has 0 unspecified atom stereocenters. The molecule has 3 nitrogen and oxygen atoms in total. The first-order valence-electron chi connectivity index (χ1n) is 6.79. The Kier molecular flexibility index (Phi) is 4.76. The molecule has 0 bridgehead atoms. The highest BCUT2D eigenvalue weighted by atomic mass is 16.1. The quantitative estimate of drug-likeness (QED) is 0.850. The summed E-state index contributed by atoms with van der Waals surface area (Å²) < 4.78 is 0. The second-order valence-corrected chi connectivity index (χ2v) is 5.10. The van der Waals surface area contributed by atoms with E-state index in [0.29, 0.717) is 12.5 Å². The molecule has 1 atom stereocenters. The fourth-order valence-electron chi connectivity index (χ4n) is 2.29. The predicted octanol–water partition coefficient (Wildman–Crippen LogP) is 1.80. The van der Waals surface area contributed by atoms with E-state index >= 15 is 0 Å². The molecular formula is C15H22N2O. The average Bonchev–Trinajstić information content (AvgIpc) is 2.39. The number of nitrogens with one attached hydrogen (secondary N) is 2. The van der Waals surface area contributed by atoms with E-state index < -0.39 is 0 Å². The van der Waals surface area contributed by atoms with E-state index in [9.17, 15) is 4.79 Å². The topological polar surface area (TPSA) is 41.1 Å². The first-order chi connectivity index (χ1) is 8.74. The predicted molar refractivity (Wildman–Crippen MR) is 73.5 cm³/mol. The van der Waals surface area contributed by atoms with Crippen LogP contribution in [0.15, 0.2) is 24.3 Å². The van der Waals surface area contributed by atoms with Crippen LogP contribution in [0.25, 0.3) is 0 Å². The highest BCUT2D eigenvalue weighted by molar-refractivity contribution is 5.76. The second-order valence-electron chi connectivity index (χ2n) is 5.10. The molecule has 1 amide bonds. The molecule has 1 saturated heterocycles. The number of benzene rings is 1. The minimum absolute atomic E-state index is 0.171. The lowest BCUT2D eigenvalue weighted by Crippen LogP contribution is -2.45. The summed E-state index contributed by atoms with van der Waals surface area (Å²) in [6, 6.07) is 8.72. The summed E-state index contributed by atoms with van der Waals surface area (Å²) in [4.78, 5) is 11.8. The first kappa shape index (κ1) is 13.1. The summed E-state index contributed by atoms with van der Waals surface area (Å²) in [6.07, 6.45) is 3.66. The van der Waals surface area contributed by atoms with Gasteiger partial charge in [0.1, 0.15) is 0 Å². The zero-order valence-corrected chi connectivity index (χ0v) is 11.0. The van der Waals surface area contributed by atoms with Crippen molar-refractivity contribution in [2.75, 3.05) is 13.1 Å². The van der Waals surface area contributed by atoms with Crippen LogP contribution >= 0.6 is 0 Å². The van der Waals surface area contributed by atoms with Gasteiger partial charge in [-0.15, -0.1) is 0 Å². The van der Waals surface area contributed by atoms with E-state index in [1.807, 2.05) is 0 Å². The lowest BCUT2D eigenvalue weighted by molar-refractivity contribution is -0.121. The van der Waals surface area contributed by atoms with E-state index in [4.69, 9.17) is 0 Å². The van der Waals surface area contributed by atoms with Gasteiger partial charge in [0.2, 0.25) is 5.91 Å². The smallest absolute Gasteiger partial charge is 0.220 e. The Morgan fingerprint density at radius 1 is 1.39 bits per heavy atom. The van der Waals surface area contributed by atoms with Gasteiger partial charge in [-0.3, -0.25) is 4.79 Å². The number of hydrogen-bond donors (Lipinski definition) is 2. The van der Waals surface area contributed by atoms with Crippen LogP contribution in [-0.2, 0) is 11.2 Å². The standard InChI is InChI=1S/C15H22N2O/c1-12-4-6-13(7-5-12)8-9-15(18)17-14-3-2-10-16-11-14/h4-7,14,16H,2-3,8-11H2,1H3,(H,17,18)/t14-/m0/s1. The summed E-state index contributed by atoms with van der Waals surface area (Å²) in [6.45, 7) is 4.07. The van der Waals surface area contributed by atoms with Crippen LogP contribution in [0.2, 0.25) is 0 Å². The molecule has 98 valence electrons. The Labute approximate surface area is 109 Å². The van der Waals surface area contributed by atoms with Crippen molar-refractivity contribution in [2.24, 2.45) is 0 Å². The van der Waals surface area contributed by atoms with Crippen LogP contribution in [0, 0.1) is 6.92 Å². The molecule has 1 aromatic rings. The van der Waals surface area contributed by atoms with Gasteiger partial charge in [0.05, 0.1) is 0 Å². The van der Waals surface area contributed by atoms with Gasteiger partial charge in [-0.25, -0.2) is 0 Å². The van der Waals surface area contributed by atoms with Gasteiger partial charge in [-0.1, -0.05) is 29.8 Å². The van der Waals surface area contributed by atoms with Gasteiger partial charge in [-0.2, -0.15) is 0 Å². The number of carbonyl (C=O) groups excluding carboxylic acids is 1. The monoisotopic (exact) mass is 246 g/mol. The minimum atomic E-state index is 0.171. The van der Waals surface area contributed by atoms with Crippen molar-refractivity contribution in [2.45, 2.75) is 38.6 Å². The van der Waals surface area contributed by atoms with E-state index in [2.05, 4.69) is 41.8 Å². The Hall–Kier alpha value is -1.35. The lowest BCUT2D eigenvalue weighted by Gasteiger charge is -2.23. The fraction of sp³-hybridized carbons (Fsp3) is 0.533. The van der Waals surface area contributed by atoms with Crippen molar-refractivity contribution in [3.8, 4) is 0 Å². The zero-order chi connectivity index (χ0) is 12.8. The Morgan fingerprint density at radius 3 is 2.83 bits per heavy atom. The summed E-state index contributed by atoms with van der Waals surface area (Å²) in [5, 5.41) is 6.40. The summed E-state index contributed by atoms with van der Waals surface area (Å²) in [5.41, 5.74) is 2.49. The van der Waals surface area contributed by atoms with Gasteiger partial charge in [-0.05, 0) is 38.3 Å². The number of carbonyl (C=O) groups is 1. The van der Waals surface area contributed by atoms with E-state index in [1.165, 1.54) is 11.1 Å². The van der Waals surface area contributed by atoms with Crippen molar-refractivity contribution in [3.05, 3.63) is 35.4 Å². The van der Waals surface area contributed by atoms with Crippen molar-refractivity contribution in [1.82, 2.24) is 10.6 Å². The van der Waals surface area contributed by atoms with Crippen LogP contribution in [-0.4, -0.2) is 25.0 Å². The molecular weight excluding hydrogens is 224 g/mol. The normalized spacial score (nSPS) is 19.5. The van der Waals surface area contributed by atoms with Crippen LogP contribution in [0.3, 0.4) is 0 Å². The molecule has 0 aliphatic carbocycles. The lowest BCUT2D eigenvalue weighted by atomic mass is 10.1. The van der Waals surface area contributed by atoms with Crippen molar-refractivity contribution >= 4 is 5.91 Å². The molecule has 3 heteroatoms. The molecule has 18 heavy (non-hydrogen) atoms. The molecule has 1 heterocycles. The number of amides is 1. The molecule has 0 saturated carbocycles. The Balaban J connectivity index is 1.72. The molecule has 0 spiro atoms. The molecule has 0 radical (unpaired) electrons. The van der Waals surface area contributed by atoms with Crippen molar-refractivity contribution in [3.63, 3.8) is 0 Å². The van der Waals surface area contributed by atoms with E-state index in [1.54, 1.807) is 0 Å². The van der Waals surface area contributed by atoms with Crippen LogP contribution < -0.4 is 10.6 Å².